The van der Waals surface area contributed by atoms with E-state index < -0.39 is 11.7 Å². The van der Waals surface area contributed by atoms with Crippen molar-refractivity contribution in [2.24, 2.45) is 5.10 Å². The van der Waals surface area contributed by atoms with Crippen LogP contribution in [-0.2, 0) is 6.18 Å². The van der Waals surface area contributed by atoms with Crippen LogP contribution in [0.4, 0.5) is 13.2 Å². The molecular formula is C20H13ClF3N3O. The van der Waals surface area contributed by atoms with E-state index in [1.807, 2.05) is 0 Å². The second-order valence-electron chi connectivity index (χ2n) is 5.76. The van der Waals surface area contributed by atoms with Crippen molar-refractivity contribution in [1.29, 1.82) is 0 Å². The average molecular weight is 404 g/mol. The summed E-state index contributed by atoms with van der Waals surface area (Å²) in [4.78, 5) is 15.8. The molecule has 0 saturated carbocycles. The molecule has 0 fully saturated rings. The molecule has 28 heavy (non-hydrogen) atoms. The number of hydrogen-bond donors (Lipinski definition) is 1. The highest BCUT2D eigenvalue weighted by molar-refractivity contribution is 6.30. The Morgan fingerprint density at radius 1 is 1.00 bits per heavy atom. The number of hydrogen-bond acceptors (Lipinski definition) is 3. The van der Waals surface area contributed by atoms with Crippen molar-refractivity contribution in [3.05, 3.63) is 88.6 Å². The predicted octanol–water partition coefficient (Wildman–Crippen LogP) is 5.18. The molecule has 0 aliphatic rings. The minimum atomic E-state index is -4.41. The molecule has 142 valence electrons. The summed E-state index contributed by atoms with van der Waals surface area (Å²) in [6.07, 6.45) is -2.16. The van der Waals surface area contributed by atoms with Crippen LogP contribution in [0.5, 0.6) is 0 Å². The number of carbonyl (C=O) groups is 1. The second-order valence-corrected chi connectivity index (χ2v) is 6.19. The molecule has 1 heterocycles. The molecule has 1 aromatic heterocycles. The van der Waals surface area contributed by atoms with Gasteiger partial charge < -0.3 is 0 Å². The van der Waals surface area contributed by atoms with Gasteiger partial charge in [0.1, 0.15) is 0 Å². The number of benzene rings is 2. The molecule has 2 aromatic carbocycles. The number of hydrazone groups is 1. The first kappa shape index (κ1) is 19.6. The zero-order valence-electron chi connectivity index (χ0n) is 14.2. The molecule has 0 bridgehead atoms. The summed E-state index contributed by atoms with van der Waals surface area (Å²) in [5, 5.41) is 4.41. The normalized spacial score (nSPS) is 11.6. The Balaban J connectivity index is 1.63. The molecule has 0 aliphatic carbocycles. The quantitative estimate of drug-likeness (QED) is 0.481. The van der Waals surface area contributed by atoms with E-state index in [-0.39, 0.29) is 5.91 Å². The fourth-order valence-electron chi connectivity index (χ4n) is 2.30. The van der Waals surface area contributed by atoms with Crippen LogP contribution < -0.4 is 5.43 Å². The summed E-state index contributed by atoms with van der Waals surface area (Å²) in [6.45, 7) is 0. The van der Waals surface area contributed by atoms with E-state index >= 15 is 0 Å². The number of aromatic nitrogens is 1. The molecule has 0 aliphatic heterocycles. The van der Waals surface area contributed by atoms with Crippen LogP contribution in [-0.4, -0.2) is 17.1 Å². The molecule has 0 atom stereocenters. The van der Waals surface area contributed by atoms with Crippen molar-refractivity contribution in [2.45, 2.75) is 6.18 Å². The van der Waals surface area contributed by atoms with Gasteiger partial charge in [-0.3, -0.25) is 9.78 Å². The van der Waals surface area contributed by atoms with E-state index in [4.69, 9.17) is 11.6 Å². The number of amides is 1. The minimum Gasteiger partial charge on any atom is -0.267 e. The molecule has 0 unspecified atom stereocenters. The van der Waals surface area contributed by atoms with Crippen molar-refractivity contribution in [3.63, 3.8) is 0 Å². The lowest BCUT2D eigenvalue weighted by Gasteiger charge is -2.07. The number of carbonyl (C=O) groups excluding carboxylic acids is 1. The van der Waals surface area contributed by atoms with Crippen molar-refractivity contribution in [2.75, 3.05) is 0 Å². The van der Waals surface area contributed by atoms with Crippen LogP contribution in [0.1, 0.15) is 21.5 Å². The van der Waals surface area contributed by atoms with Crippen LogP contribution in [0, 0.1) is 0 Å². The average Bonchev–Trinajstić information content (AvgIpc) is 2.68. The molecule has 1 amide bonds. The van der Waals surface area contributed by atoms with Crippen molar-refractivity contribution in [3.8, 4) is 11.3 Å². The monoisotopic (exact) mass is 403 g/mol. The molecule has 0 spiro atoms. The first-order valence-electron chi connectivity index (χ1n) is 8.05. The number of nitrogens with one attached hydrogen (secondary N) is 1. The zero-order chi connectivity index (χ0) is 20.1. The number of pyridine rings is 1. The van der Waals surface area contributed by atoms with Crippen LogP contribution in [0.25, 0.3) is 11.3 Å². The Hall–Kier alpha value is -3.19. The smallest absolute Gasteiger partial charge is 0.267 e. The Bertz CT molecular complexity index is 983. The third-order valence-corrected chi connectivity index (χ3v) is 4.04. The SMILES string of the molecule is O=C(NN=Cc1ccc(-c2ccc(C(F)(F)F)cn2)cc1)c1ccc(Cl)cc1. The molecule has 0 radical (unpaired) electrons. The van der Waals surface area contributed by atoms with Gasteiger partial charge in [-0.05, 0) is 42.0 Å². The molecule has 3 rings (SSSR count). The van der Waals surface area contributed by atoms with E-state index in [1.54, 1.807) is 48.5 Å². The molecule has 3 aromatic rings. The van der Waals surface area contributed by atoms with E-state index in [0.29, 0.717) is 27.4 Å². The lowest BCUT2D eigenvalue weighted by molar-refractivity contribution is -0.137. The van der Waals surface area contributed by atoms with Crippen LogP contribution in [0.3, 0.4) is 0 Å². The lowest BCUT2D eigenvalue weighted by atomic mass is 10.1. The van der Waals surface area contributed by atoms with Gasteiger partial charge in [0.15, 0.2) is 0 Å². The molecule has 4 nitrogen and oxygen atoms in total. The minimum absolute atomic E-state index is 0.376. The number of nitrogens with zero attached hydrogens (tertiary/aromatic N) is 2. The topological polar surface area (TPSA) is 54.4 Å². The summed E-state index contributed by atoms with van der Waals surface area (Å²) in [6, 6.07) is 15.5. The Kier molecular flexibility index (Phi) is 5.75. The first-order valence-corrected chi connectivity index (χ1v) is 8.43. The lowest BCUT2D eigenvalue weighted by Crippen LogP contribution is -2.17. The number of alkyl halides is 3. The van der Waals surface area contributed by atoms with Crippen LogP contribution in [0.2, 0.25) is 5.02 Å². The van der Waals surface area contributed by atoms with Crippen LogP contribution in [0.15, 0.2) is 72.0 Å². The Morgan fingerprint density at radius 2 is 1.68 bits per heavy atom. The Labute approximate surface area is 163 Å². The van der Waals surface area contributed by atoms with E-state index in [9.17, 15) is 18.0 Å². The molecule has 8 heteroatoms. The fourth-order valence-corrected chi connectivity index (χ4v) is 2.43. The van der Waals surface area contributed by atoms with Gasteiger partial charge in [-0.1, -0.05) is 35.9 Å². The van der Waals surface area contributed by atoms with Crippen molar-refractivity contribution >= 4 is 23.7 Å². The fraction of sp³-hybridized carbons (Fsp3) is 0.0500. The molecule has 0 saturated heterocycles. The van der Waals surface area contributed by atoms with Gasteiger partial charge in [-0.25, -0.2) is 5.43 Å². The maximum atomic E-state index is 12.6. The number of rotatable bonds is 4. The van der Waals surface area contributed by atoms with E-state index in [0.717, 1.165) is 12.3 Å². The summed E-state index contributed by atoms with van der Waals surface area (Å²) < 4.78 is 37.8. The maximum absolute atomic E-state index is 12.6. The third kappa shape index (κ3) is 4.95. The summed E-state index contributed by atoms with van der Waals surface area (Å²) in [5.41, 5.74) is 3.82. The largest absolute Gasteiger partial charge is 0.417 e. The summed E-state index contributed by atoms with van der Waals surface area (Å²) in [7, 11) is 0. The summed E-state index contributed by atoms with van der Waals surface area (Å²) >= 11 is 5.77. The highest BCUT2D eigenvalue weighted by Crippen LogP contribution is 2.29. The van der Waals surface area contributed by atoms with Crippen molar-refractivity contribution in [1.82, 2.24) is 10.4 Å². The van der Waals surface area contributed by atoms with Gasteiger partial charge in [0.05, 0.1) is 17.5 Å². The Morgan fingerprint density at radius 3 is 2.25 bits per heavy atom. The van der Waals surface area contributed by atoms with Gasteiger partial charge in [-0.2, -0.15) is 18.3 Å². The van der Waals surface area contributed by atoms with Gasteiger partial charge in [0.2, 0.25) is 0 Å². The third-order valence-electron chi connectivity index (χ3n) is 3.78. The van der Waals surface area contributed by atoms with E-state index in [1.165, 1.54) is 12.3 Å². The second kappa shape index (κ2) is 8.22. The van der Waals surface area contributed by atoms with Gasteiger partial charge in [0, 0.05) is 22.3 Å². The number of halogens is 4. The highest BCUT2D eigenvalue weighted by atomic mass is 35.5. The molecular weight excluding hydrogens is 391 g/mol. The molecule has 1 N–H and O–H groups in total. The van der Waals surface area contributed by atoms with Crippen LogP contribution >= 0.6 is 11.6 Å². The maximum Gasteiger partial charge on any atom is 0.417 e. The van der Waals surface area contributed by atoms with Gasteiger partial charge in [-0.15, -0.1) is 0 Å². The first-order chi connectivity index (χ1) is 13.3. The van der Waals surface area contributed by atoms with E-state index in [2.05, 4.69) is 15.5 Å². The summed E-state index contributed by atoms with van der Waals surface area (Å²) in [5.74, 6) is -0.376. The van der Waals surface area contributed by atoms with Crippen molar-refractivity contribution < 1.29 is 18.0 Å². The van der Waals surface area contributed by atoms with Gasteiger partial charge >= 0.3 is 6.18 Å². The predicted molar refractivity (Wildman–Crippen MR) is 101 cm³/mol. The van der Waals surface area contributed by atoms with Gasteiger partial charge in [0.25, 0.3) is 5.91 Å². The zero-order valence-corrected chi connectivity index (χ0v) is 15.0. The standard InChI is InChI=1S/C20H13ClF3N3O/c21-17-8-5-15(6-9-17)19(28)27-26-11-13-1-3-14(4-2-13)18-10-7-16(12-25-18)20(22,23)24/h1-12H,(H,27,28). The highest BCUT2D eigenvalue weighted by Gasteiger charge is 2.30.